The molecule has 0 aromatic carbocycles. The highest BCUT2D eigenvalue weighted by Gasteiger charge is 2.00. The molecule has 0 fully saturated rings. The Balaban J connectivity index is 2.77. The highest BCUT2D eigenvalue weighted by atomic mass is 19.1. The van der Waals surface area contributed by atoms with E-state index in [1.165, 1.54) is 19.4 Å². The summed E-state index contributed by atoms with van der Waals surface area (Å²) in [5.41, 5.74) is 0.532. The molecule has 8 heavy (non-hydrogen) atoms. The van der Waals surface area contributed by atoms with Crippen LogP contribution in [0.4, 0.5) is 4.39 Å². The zero-order valence-electron chi connectivity index (χ0n) is 4.56. The lowest BCUT2D eigenvalue weighted by molar-refractivity contribution is 0.367. The van der Waals surface area contributed by atoms with Crippen molar-refractivity contribution in [1.29, 1.82) is 0 Å². The van der Waals surface area contributed by atoms with Crippen molar-refractivity contribution in [2.45, 2.75) is 13.1 Å². The van der Waals surface area contributed by atoms with Gasteiger partial charge in [-0.15, -0.1) is 0 Å². The maximum absolute atomic E-state index is 12.2. The Labute approximate surface area is 46.8 Å². The Morgan fingerprint density at radius 2 is 2.62 bits per heavy atom. The summed E-state index contributed by atoms with van der Waals surface area (Å²) in [6.45, 7) is 1.47. The maximum atomic E-state index is 12.2. The molecule has 0 aliphatic carbocycles. The first-order chi connectivity index (χ1) is 3.80. The first kappa shape index (κ1) is 5.28. The summed E-state index contributed by atoms with van der Waals surface area (Å²) in [4.78, 5) is 6.30. The van der Waals surface area contributed by atoms with Gasteiger partial charge in [0.1, 0.15) is 6.17 Å². The van der Waals surface area contributed by atoms with Gasteiger partial charge in [0.05, 0.1) is 18.2 Å². The lowest BCUT2D eigenvalue weighted by Gasteiger charge is -1.91. The summed E-state index contributed by atoms with van der Waals surface area (Å²) in [6.07, 6.45) is 2.01. The summed E-state index contributed by atoms with van der Waals surface area (Å²) in [5, 5.41) is 0. The highest BCUT2D eigenvalue weighted by Crippen LogP contribution is 2.10. The molecule has 0 saturated carbocycles. The molecule has 0 radical (unpaired) electrons. The van der Waals surface area contributed by atoms with Crippen molar-refractivity contribution < 1.29 is 4.39 Å². The minimum Gasteiger partial charge on any atom is -0.346 e. The number of hydrogen-bond donors (Lipinski definition) is 1. The zero-order chi connectivity index (χ0) is 5.98. The lowest BCUT2D eigenvalue weighted by Crippen LogP contribution is -1.81. The third kappa shape index (κ3) is 0.857. The van der Waals surface area contributed by atoms with E-state index in [1.54, 1.807) is 0 Å². The Morgan fingerprint density at radius 1 is 1.88 bits per heavy atom. The largest absolute Gasteiger partial charge is 0.346 e. The fraction of sp³-hybridized carbons (Fsp3) is 0.400. The monoisotopic (exact) mass is 114 g/mol. The standard InChI is InChI=1S/C5H7FN2/c1-4(6)5-2-7-3-8-5/h2-4H,1H3,(H,7,8). The Morgan fingerprint density at radius 3 is 2.88 bits per heavy atom. The molecule has 0 aliphatic heterocycles. The van der Waals surface area contributed by atoms with E-state index in [0.717, 1.165) is 0 Å². The minimum atomic E-state index is -0.933. The van der Waals surface area contributed by atoms with Crippen LogP contribution in [0.15, 0.2) is 12.5 Å². The van der Waals surface area contributed by atoms with Gasteiger partial charge in [0, 0.05) is 0 Å². The van der Waals surface area contributed by atoms with Crippen molar-refractivity contribution in [2.24, 2.45) is 0 Å². The van der Waals surface area contributed by atoms with Crippen molar-refractivity contribution in [3.63, 3.8) is 0 Å². The highest BCUT2D eigenvalue weighted by molar-refractivity contribution is 4.96. The van der Waals surface area contributed by atoms with Crippen LogP contribution in [0, 0.1) is 0 Å². The third-order valence-electron chi connectivity index (χ3n) is 0.948. The topological polar surface area (TPSA) is 28.7 Å². The second-order valence-corrected chi connectivity index (χ2v) is 1.62. The molecular weight excluding hydrogens is 107 g/mol. The van der Waals surface area contributed by atoms with Gasteiger partial charge in [-0.3, -0.25) is 0 Å². The van der Waals surface area contributed by atoms with Crippen molar-refractivity contribution in [3.8, 4) is 0 Å². The van der Waals surface area contributed by atoms with E-state index >= 15 is 0 Å². The first-order valence-electron chi connectivity index (χ1n) is 2.43. The summed E-state index contributed by atoms with van der Waals surface area (Å²) < 4.78 is 12.2. The second-order valence-electron chi connectivity index (χ2n) is 1.62. The summed E-state index contributed by atoms with van der Waals surface area (Å²) >= 11 is 0. The normalized spacial score (nSPS) is 13.8. The molecule has 44 valence electrons. The van der Waals surface area contributed by atoms with Crippen LogP contribution in [0.5, 0.6) is 0 Å². The Hall–Kier alpha value is -0.860. The molecule has 1 aromatic rings. The second kappa shape index (κ2) is 1.94. The lowest BCUT2D eigenvalue weighted by atomic mass is 10.3. The maximum Gasteiger partial charge on any atom is 0.139 e. The van der Waals surface area contributed by atoms with Crippen LogP contribution in [0.1, 0.15) is 18.8 Å². The van der Waals surface area contributed by atoms with Gasteiger partial charge in [-0.25, -0.2) is 9.37 Å². The molecule has 0 bridgehead atoms. The molecule has 1 N–H and O–H groups in total. The van der Waals surface area contributed by atoms with Crippen molar-refractivity contribution in [2.75, 3.05) is 0 Å². The molecule has 1 atom stereocenters. The molecule has 1 rings (SSSR count). The number of rotatable bonds is 1. The SMILES string of the molecule is CC(F)c1cnc[nH]1. The Bertz CT molecular complexity index is 145. The predicted octanol–water partition coefficient (Wildman–Crippen LogP) is 1.44. The minimum absolute atomic E-state index is 0.532. The van der Waals surface area contributed by atoms with Gasteiger partial charge < -0.3 is 4.98 Å². The van der Waals surface area contributed by atoms with Gasteiger partial charge >= 0.3 is 0 Å². The Kier molecular flexibility index (Phi) is 1.28. The van der Waals surface area contributed by atoms with Crippen molar-refractivity contribution in [3.05, 3.63) is 18.2 Å². The average molecular weight is 114 g/mol. The summed E-state index contributed by atoms with van der Waals surface area (Å²) in [6, 6.07) is 0. The van der Waals surface area contributed by atoms with Gasteiger partial charge in [-0.05, 0) is 6.92 Å². The molecule has 0 spiro atoms. The molecule has 1 unspecified atom stereocenters. The molecule has 3 heteroatoms. The number of halogens is 1. The summed E-state index contributed by atoms with van der Waals surface area (Å²) in [7, 11) is 0. The van der Waals surface area contributed by atoms with E-state index in [4.69, 9.17) is 0 Å². The number of nitrogens with one attached hydrogen (secondary N) is 1. The number of alkyl halides is 1. The molecule has 0 amide bonds. The van der Waals surface area contributed by atoms with Gasteiger partial charge in [0.15, 0.2) is 0 Å². The van der Waals surface area contributed by atoms with Crippen LogP contribution in [0.25, 0.3) is 0 Å². The van der Waals surface area contributed by atoms with Crippen molar-refractivity contribution >= 4 is 0 Å². The molecular formula is C5H7FN2. The van der Waals surface area contributed by atoms with E-state index < -0.39 is 6.17 Å². The molecule has 2 nitrogen and oxygen atoms in total. The van der Waals surface area contributed by atoms with E-state index in [2.05, 4.69) is 9.97 Å². The van der Waals surface area contributed by atoms with Crippen LogP contribution in [-0.2, 0) is 0 Å². The van der Waals surface area contributed by atoms with E-state index in [-0.39, 0.29) is 0 Å². The number of imidazole rings is 1. The third-order valence-corrected chi connectivity index (χ3v) is 0.948. The van der Waals surface area contributed by atoms with Crippen LogP contribution in [0.3, 0.4) is 0 Å². The van der Waals surface area contributed by atoms with E-state index in [0.29, 0.717) is 5.69 Å². The van der Waals surface area contributed by atoms with Gasteiger partial charge in [-0.2, -0.15) is 0 Å². The average Bonchev–Trinajstić information content (AvgIpc) is 2.12. The first-order valence-corrected chi connectivity index (χ1v) is 2.43. The number of H-pyrrole nitrogens is 1. The van der Waals surface area contributed by atoms with Crippen molar-refractivity contribution in [1.82, 2.24) is 9.97 Å². The van der Waals surface area contributed by atoms with Gasteiger partial charge in [-0.1, -0.05) is 0 Å². The molecule has 1 aromatic heterocycles. The van der Waals surface area contributed by atoms with Crippen LogP contribution in [-0.4, -0.2) is 9.97 Å². The fourth-order valence-corrected chi connectivity index (χ4v) is 0.484. The number of aromatic amines is 1. The fourth-order valence-electron chi connectivity index (χ4n) is 0.484. The van der Waals surface area contributed by atoms with Crippen LogP contribution >= 0.6 is 0 Å². The van der Waals surface area contributed by atoms with Crippen LogP contribution < -0.4 is 0 Å². The predicted molar refractivity (Wildman–Crippen MR) is 28.1 cm³/mol. The number of hydrogen-bond acceptors (Lipinski definition) is 1. The van der Waals surface area contributed by atoms with Gasteiger partial charge in [0.25, 0.3) is 0 Å². The van der Waals surface area contributed by atoms with Crippen LogP contribution in [0.2, 0.25) is 0 Å². The van der Waals surface area contributed by atoms with E-state index in [9.17, 15) is 4.39 Å². The number of aromatic nitrogens is 2. The quantitative estimate of drug-likeness (QED) is 0.588. The zero-order valence-corrected chi connectivity index (χ0v) is 4.56. The number of nitrogens with zero attached hydrogens (tertiary/aromatic N) is 1. The van der Waals surface area contributed by atoms with E-state index in [1.807, 2.05) is 0 Å². The van der Waals surface area contributed by atoms with Gasteiger partial charge in [0.2, 0.25) is 0 Å². The summed E-state index contributed by atoms with van der Waals surface area (Å²) in [5.74, 6) is 0. The molecule has 0 aliphatic rings. The molecule has 0 saturated heterocycles. The smallest absolute Gasteiger partial charge is 0.139 e. The molecule has 1 heterocycles.